The van der Waals surface area contributed by atoms with Crippen molar-refractivity contribution in [3.63, 3.8) is 0 Å². The van der Waals surface area contributed by atoms with Gasteiger partial charge in [-0.3, -0.25) is 9.78 Å². The summed E-state index contributed by atoms with van der Waals surface area (Å²) in [5, 5.41) is 0. The number of carbonyl (C=O) groups is 1. The summed E-state index contributed by atoms with van der Waals surface area (Å²) >= 11 is 0. The second-order valence-electron chi connectivity index (χ2n) is 6.88. The monoisotopic (exact) mass is 398 g/mol. The Morgan fingerprint density at radius 1 is 0.966 bits per heavy atom. The highest BCUT2D eigenvalue weighted by molar-refractivity contribution is 6.06. The number of nitrogens with zero attached hydrogens (tertiary/aromatic N) is 2. The first-order chi connectivity index (χ1) is 13.8. The largest absolute Gasteiger partial charge is 0.417 e. The van der Waals surface area contributed by atoms with Gasteiger partial charge in [0.1, 0.15) is 0 Å². The van der Waals surface area contributed by atoms with Crippen molar-refractivity contribution >= 4 is 11.6 Å². The SMILES string of the molecule is Cc1ccc(N(CCc2ccc(C(F)(F)F)cn2)C(=O)c2ccccc2)cc1C. The van der Waals surface area contributed by atoms with E-state index in [4.69, 9.17) is 0 Å². The minimum Gasteiger partial charge on any atom is -0.308 e. The van der Waals surface area contributed by atoms with E-state index in [2.05, 4.69) is 4.98 Å². The minimum absolute atomic E-state index is 0.166. The summed E-state index contributed by atoms with van der Waals surface area (Å²) in [4.78, 5) is 18.7. The predicted molar refractivity (Wildman–Crippen MR) is 107 cm³/mol. The first-order valence-electron chi connectivity index (χ1n) is 9.22. The van der Waals surface area contributed by atoms with Gasteiger partial charge in [0, 0.05) is 36.1 Å². The molecule has 3 aromatic rings. The molecule has 0 fully saturated rings. The van der Waals surface area contributed by atoms with Gasteiger partial charge in [-0.1, -0.05) is 24.3 Å². The lowest BCUT2D eigenvalue weighted by Crippen LogP contribution is -2.33. The molecule has 0 aliphatic rings. The lowest BCUT2D eigenvalue weighted by atomic mass is 10.1. The molecule has 0 atom stereocenters. The number of hydrogen-bond donors (Lipinski definition) is 0. The van der Waals surface area contributed by atoms with Crippen molar-refractivity contribution in [1.82, 2.24) is 4.98 Å². The fourth-order valence-electron chi connectivity index (χ4n) is 2.94. The van der Waals surface area contributed by atoms with Gasteiger partial charge < -0.3 is 4.90 Å². The maximum Gasteiger partial charge on any atom is 0.417 e. The lowest BCUT2D eigenvalue weighted by molar-refractivity contribution is -0.137. The van der Waals surface area contributed by atoms with Gasteiger partial charge in [-0.25, -0.2) is 0 Å². The minimum atomic E-state index is -4.42. The van der Waals surface area contributed by atoms with Crippen LogP contribution in [0.15, 0.2) is 66.9 Å². The number of carbonyl (C=O) groups excluding carboxylic acids is 1. The molecule has 0 aliphatic heterocycles. The summed E-state index contributed by atoms with van der Waals surface area (Å²) in [6.45, 7) is 4.27. The van der Waals surface area contributed by atoms with Gasteiger partial charge in [0.2, 0.25) is 0 Å². The molecule has 2 aromatic carbocycles. The van der Waals surface area contributed by atoms with Gasteiger partial charge in [-0.05, 0) is 61.4 Å². The Bertz CT molecular complexity index is 983. The van der Waals surface area contributed by atoms with Crippen molar-refractivity contribution in [2.24, 2.45) is 0 Å². The van der Waals surface area contributed by atoms with Gasteiger partial charge in [-0.15, -0.1) is 0 Å². The molecule has 0 bridgehead atoms. The molecule has 0 aliphatic carbocycles. The maximum absolute atomic E-state index is 13.1. The normalized spacial score (nSPS) is 11.3. The van der Waals surface area contributed by atoms with Crippen LogP contribution in [0.1, 0.15) is 32.7 Å². The Kier molecular flexibility index (Phi) is 6.01. The van der Waals surface area contributed by atoms with E-state index >= 15 is 0 Å². The molecule has 1 aromatic heterocycles. The lowest BCUT2D eigenvalue weighted by Gasteiger charge is -2.24. The topological polar surface area (TPSA) is 33.2 Å². The van der Waals surface area contributed by atoms with Crippen molar-refractivity contribution in [1.29, 1.82) is 0 Å². The van der Waals surface area contributed by atoms with Crippen LogP contribution in [0.25, 0.3) is 0 Å². The molecule has 150 valence electrons. The van der Waals surface area contributed by atoms with Crippen LogP contribution in [-0.4, -0.2) is 17.4 Å². The Morgan fingerprint density at radius 3 is 2.28 bits per heavy atom. The van der Waals surface area contributed by atoms with E-state index in [0.29, 0.717) is 24.2 Å². The summed E-state index contributed by atoms with van der Waals surface area (Å²) in [7, 11) is 0. The van der Waals surface area contributed by atoms with Crippen LogP contribution in [0, 0.1) is 13.8 Å². The molecular weight excluding hydrogens is 377 g/mol. The molecular formula is C23H21F3N2O. The zero-order valence-electron chi connectivity index (χ0n) is 16.2. The second-order valence-corrected chi connectivity index (χ2v) is 6.88. The molecule has 0 saturated carbocycles. The Morgan fingerprint density at radius 2 is 1.69 bits per heavy atom. The number of anilines is 1. The van der Waals surface area contributed by atoms with Crippen molar-refractivity contribution in [2.45, 2.75) is 26.4 Å². The van der Waals surface area contributed by atoms with Crippen LogP contribution >= 0.6 is 0 Å². The van der Waals surface area contributed by atoms with Crippen LogP contribution in [0.5, 0.6) is 0 Å². The number of alkyl halides is 3. The maximum atomic E-state index is 13.1. The molecule has 29 heavy (non-hydrogen) atoms. The zero-order valence-corrected chi connectivity index (χ0v) is 16.2. The van der Waals surface area contributed by atoms with Crippen LogP contribution in [0.4, 0.5) is 18.9 Å². The first-order valence-corrected chi connectivity index (χ1v) is 9.22. The summed E-state index contributed by atoms with van der Waals surface area (Å²) < 4.78 is 38.2. The highest BCUT2D eigenvalue weighted by atomic mass is 19.4. The van der Waals surface area contributed by atoms with Gasteiger partial charge in [0.15, 0.2) is 0 Å². The Balaban J connectivity index is 1.85. The average molecular weight is 398 g/mol. The summed E-state index contributed by atoms with van der Waals surface area (Å²) in [5.41, 5.74) is 3.17. The number of aryl methyl sites for hydroxylation is 2. The molecule has 0 N–H and O–H groups in total. The molecule has 1 amide bonds. The van der Waals surface area contributed by atoms with E-state index < -0.39 is 11.7 Å². The molecule has 3 nitrogen and oxygen atoms in total. The third kappa shape index (κ3) is 5.02. The standard InChI is InChI=1S/C23H21F3N2O/c1-16-8-11-21(14-17(16)2)28(22(29)18-6-4-3-5-7-18)13-12-20-10-9-19(15-27-20)23(24,25)26/h3-11,14-15H,12-13H2,1-2H3. The predicted octanol–water partition coefficient (Wildman–Crippen LogP) is 5.61. The number of rotatable bonds is 5. The molecule has 0 saturated heterocycles. The van der Waals surface area contributed by atoms with Gasteiger partial charge in [0.25, 0.3) is 5.91 Å². The summed E-state index contributed by atoms with van der Waals surface area (Å²) in [5.74, 6) is -0.166. The highest BCUT2D eigenvalue weighted by Crippen LogP contribution is 2.28. The third-order valence-corrected chi connectivity index (χ3v) is 4.81. The number of pyridine rings is 1. The first kappa shape index (κ1) is 20.6. The molecule has 0 radical (unpaired) electrons. The number of amides is 1. The number of benzene rings is 2. The summed E-state index contributed by atoms with van der Waals surface area (Å²) in [6.07, 6.45) is -3.25. The fourth-order valence-corrected chi connectivity index (χ4v) is 2.94. The van der Waals surface area contributed by atoms with Gasteiger partial charge in [-0.2, -0.15) is 13.2 Å². The van der Waals surface area contributed by atoms with Crippen LogP contribution in [-0.2, 0) is 12.6 Å². The third-order valence-electron chi connectivity index (χ3n) is 4.81. The van der Waals surface area contributed by atoms with Crippen molar-refractivity contribution < 1.29 is 18.0 Å². The van der Waals surface area contributed by atoms with E-state index in [0.717, 1.165) is 29.1 Å². The van der Waals surface area contributed by atoms with Crippen LogP contribution < -0.4 is 4.90 Å². The average Bonchev–Trinajstić information content (AvgIpc) is 2.71. The van der Waals surface area contributed by atoms with Crippen LogP contribution in [0.3, 0.4) is 0 Å². The van der Waals surface area contributed by atoms with E-state index in [-0.39, 0.29) is 5.91 Å². The quantitative estimate of drug-likeness (QED) is 0.560. The van der Waals surface area contributed by atoms with Crippen molar-refractivity contribution in [3.05, 3.63) is 94.8 Å². The Hall–Kier alpha value is -3.15. The summed E-state index contributed by atoms with van der Waals surface area (Å²) in [6, 6.07) is 17.1. The van der Waals surface area contributed by atoms with Crippen LogP contribution in [0.2, 0.25) is 0 Å². The zero-order chi connectivity index (χ0) is 21.0. The molecule has 3 rings (SSSR count). The smallest absolute Gasteiger partial charge is 0.308 e. The highest BCUT2D eigenvalue weighted by Gasteiger charge is 2.30. The molecule has 6 heteroatoms. The van der Waals surface area contributed by atoms with Crippen molar-refractivity contribution in [3.8, 4) is 0 Å². The number of halogens is 3. The van der Waals surface area contributed by atoms with E-state index in [1.165, 1.54) is 6.07 Å². The molecule has 0 spiro atoms. The van der Waals surface area contributed by atoms with Crippen molar-refractivity contribution in [2.75, 3.05) is 11.4 Å². The fraction of sp³-hybridized carbons (Fsp3) is 0.217. The van der Waals surface area contributed by atoms with E-state index in [9.17, 15) is 18.0 Å². The van der Waals surface area contributed by atoms with Gasteiger partial charge >= 0.3 is 6.18 Å². The molecule has 0 unspecified atom stereocenters. The molecule has 1 heterocycles. The number of hydrogen-bond acceptors (Lipinski definition) is 2. The number of aromatic nitrogens is 1. The van der Waals surface area contributed by atoms with Gasteiger partial charge in [0.05, 0.1) is 5.56 Å². The van der Waals surface area contributed by atoms with E-state index in [1.54, 1.807) is 29.2 Å². The Labute approximate surface area is 167 Å². The van der Waals surface area contributed by atoms with E-state index in [1.807, 2.05) is 38.1 Å². The second kappa shape index (κ2) is 8.47.